The molecule has 2 atom stereocenters. The van der Waals surface area contributed by atoms with Crippen LogP contribution < -0.4 is 5.32 Å². The Hall–Kier alpha value is -0.710. The molecular weight excluding hydrogens is 200 g/mol. The van der Waals surface area contributed by atoms with Gasteiger partial charge in [0.05, 0.1) is 0 Å². The van der Waals surface area contributed by atoms with Crippen LogP contribution in [-0.4, -0.2) is 41.1 Å². The number of thiol groups is 1. The number of carbonyl (C=O) groups is 2. The van der Waals surface area contributed by atoms with Gasteiger partial charge in [0, 0.05) is 37.2 Å². The van der Waals surface area contributed by atoms with Gasteiger partial charge in [-0.05, 0) is 6.42 Å². The maximum Gasteiger partial charge on any atom is 0.223 e. The fraction of sp³-hybridized carbons (Fsp3) is 0.778. The number of likely N-dealkylation sites (tertiary alicyclic amines) is 1. The molecule has 1 unspecified atom stereocenters. The number of hydrogen-bond donors (Lipinski definition) is 2. The van der Waals surface area contributed by atoms with Crippen molar-refractivity contribution in [3.63, 3.8) is 0 Å². The van der Waals surface area contributed by atoms with Gasteiger partial charge in [-0.1, -0.05) is 0 Å². The minimum Gasteiger partial charge on any atom is -0.352 e. The van der Waals surface area contributed by atoms with Crippen molar-refractivity contribution in [3.05, 3.63) is 0 Å². The molecule has 2 aliphatic rings. The minimum absolute atomic E-state index is 0.101. The molecule has 0 aliphatic carbocycles. The average Bonchev–Trinajstić information content (AvgIpc) is 2.61. The summed E-state index contributed by atoms with van der Waals surface area (Å²) in [6, 6.07) is 0.157. The molecule has 0 aromatic rings. The quantitative estimate of drug-likeness (QED) is 0.625. The van der Waals surface area contributed by atoms with Crippen molar-refractivity contribution >= 4 is 24.4 Å². The summed E-state index contributed by atoms with van der Waals surface area (Å²) in [4.78, 5) is 24.2. The van der Waals surface area contributed by atoms with Crippen LogP contribution in [0.4, 0.5) is 0 Å². The van der Waals surface area contributed by atoms with Crippen molar-refractivity contribution in [1.82, 2.24) is 10.2 Å². The van der Waals surface area contributed by atoms with Crippen molar-refractivity contribution in [2.24, 2.45) is 0 Å². The molecule has 2 saturated heterocycles. The van der Waals surface area contributed by atoms with Crippen LogP contribution >= 0.6 is 12.6 Å². The first-order valence-corrected chi connectivity index (χ1v) is 5.42. The van der Waals surface area contributed by atoms with Gasteiger partial charge in [-0.15, -0.1) is 0 Å². The summed E-state index contributed by atoms with van der Waals surface area (Å²) in [5.74, 6) is 0.259. The zero-order valence-electron chi connectivity index (χ0n) is 7.90. The van der Waals surface area contributed by atoms with Crippen LogP contribution in [0.5, 0.6) is 0 Å². The third-order valence-corrected chi connectivity index (χ3v) is 3.07. The summed E-state index contributed by atoms with van der Waals surface area (Å²) in [5.41, 5.74) is 0. The number of hydrogen-bond acceptors (Lipinski definition) is 3. The average molecular weight is 214 g/mol. The van der Waals surface area contributed by atoms with Gasteiger partial charge in [0.15, 0.2) is 0 Å². The minimum atomic E-state index is 0.101. The molecule has 0 bridgehead atoms. The van der Waals surface area contributed by atoms with E-state index in [1.165, 1.54) is 0 Å². The zero-order valence-corrected chi connectivity index (χ0v) is 8.80. The molecule has 0 aromatic carbocycles. The molecule has 0 saturated carbocycles. The Labute approximate surface area is 88.4 Å². The Balaban J connectivity index is 1.86. The highest BCUT2D eigenvalue weighted by molar-refractivity contribution is 7.81. The Morgan fingerprint density at radius 3 is 2.79 bits per heavy atom. The summed E-state index contributed by atoms with van der Waals surface area (Å²) >= 11 is 4.28. The highest BCUT2D eigenvalue weighted by Crippen LogP contribution is 2.18. The van der Waals surface area contributed by atoms with Gasteiger partial charge in [-0.25, -0.2) is 0 Å². The van der Waals surface area contributed by atoms with Crippen molar-refractivity contribution in [1.29, 1.82) is 0 Å². The van der Waals surface area contributed by atoms with Gasteiger partial charge in [0.2, 0.25) is 11.8 Å². The van der Waals surface area contributed by atoms with Crippen molar-refractivity contribution in [2.45, 2.75) is 30.6 Å². The van der Waals surface area contributed by atoms with E-state index in [9.17, 15) is 9.59 Å². The second-order valence-corrected chi connectivity index (χ2v) is 4.69. The molecule has 2 fully saturated rings. The molecular formula is C9H14N2O2S. The van der Waals surface area contributed by atoms with Crippen molar-refractivity contribution < 1.29 is 9.59 Å². The first-order valence-electron chi connectivity index (χ1n) is 4.90. The number of nitrogens with one attached hydrogen (secondary N) is 1. The lowest BCUT2D eigenvalue weighted by Gasteiger charge is -2.20. The van der Waals surface area contributed by atoms with E-state index in [-0.39, 0.29) is 23.1 Å². The van der Waals surface area contributed by atoms with Gasteiger partial charge in [0.1, 0.15) is 0 Å². The van der Waals surface area contributed by atoms with E-state index in [0.717, 1.165) is 6.42 Å². The fourth-order valence-corrected chi connectivity index (χ4v) is 2.36. The largest absolute Gasteiger partial charge is 0.352 e. The number of amides is 2. The Morgan fingerprint density at radius 2 is 2.29 bits per heavy atom. The molecule has 0 aromatic heterocycles. The molecule has 0 radical (unpaired) electrons. The van der Waals surface area contributed by atoms with E-state index < -0.39 is 0 Å². The Bertz CT molecular complexity index is 270. The molecule has 2 aliphatic heterocycles. The summed E-state index contributed by atoms with van der Waals surface area (Å²) in [7, 11) is 0. The van der Waals surface area contributed by atoms with Crippen LogP contribution in [-0.2, 0) is 9.59 Å². The van der Waals surface area contributed by atoms with E-state index in [1.807, 2.05) is 0 Å². The van der Waals surface area contributed by atoms with Crippen LogP contribution in [0.15, 0.2) is 0 Å². The summed E-state index contributed by atoms with van der Waals surface area (Å²) in [6.07, 6.45) is 1.97. The molecule has 78 valence electrons. The predicted octanol–water partition coefficient (Wildman–Crippen LogP) is -0.204. The SMILES string of the molecule is O=C1CC[C@H](CN2CC(S)CC2=O)N1. The predicted molar refractivity (Wildman–Crippen MR) is 55.1 cm³/mol. The van der Waals surface area contributed by atoms with Gasteiger partial charge in [-0.2, -0.15) is 12.6 Å². The fourth-order valence-electron chi connectivity index (χ4n) is 2.01. The molecule has 1 N–H and O–H groups in total. The highest BCUT2D eigenvalue weighted by atomic mass is 32.1. The number of carbonyl (C=O) groups excluding carboxylic acids is 2. The van der Waals surface area contributed by atoms with Gasteiger partial charge >= 0.3 is 0 Å². The third kappa shape index (κ3) is 2.03. The van der Waals surface area contributed by atoms with Gasteiger partial charge in [0.25, 0.3) is 0 Å². The Morgan fingerprint density at radius 1 is 1.50 bits per heavy atom. The summed E-state index contributed by atoms with van der Waals surface area (Å²) in [5, 5.41) is 3.02. The molecule has 5 heteroatoms. The van der Waals surface area contributed by atoms with E-state index in [0.29, 0.717) is 25.9 Å². The topological polar surface area (TPSA) is 49.4 Å². The standard InChI is InChI=1S/C9H14N2O2S/c12-8-2-1-6(10-8)4-11-5-7(14)3-9(11)13/h6-7,14H,1-5H2,(H,10,12)/t6-,7?/m1/s1. The second kappa shape index (κ2) is 3.81. The lowest BCUT2D eigenvalue weighted by atomic mass is 10.2. The lowest BCUT2D eigenvalue weighted by molar-refractivity contribution is -0.128. The lowest BCUT2D eigenvalue weighted by Crippen LogP contribution is -2.39. The Kier molecular flexibility index (Phi) is 2.67. The summed E-state index contributed by atoms with van der Waals surface area (Å²) in [6.45, 7) is 1.37. The second-order valence-electron chi connectivity index (χ2n) is 3.96. The molecule has 0 spiro atoms. The number of nitrogens with zero attached hydrogens (tertiary/aromatic N) is 1. The molecule has 14 heavy (non-hydrogen) atoms. The van der Waals surface area contributed by atoms with Gasteiger partial charge < -0.3 is 10.2 Å². The smallest absolute Gasteiger partial charge is 0.223 e. The van der Waals surface area contributed by atoms with E-state index in [4.69, 9.17) is 0 Å². The van der Waals surface area contributed by atoms with E-state index in [2.05, 4.69) is 17.9 Å². The van der Waals surface area contributed by atoms with Crippen molar-refractivity contribution in [2.75, 3.05) is 13.1 Å². The monoisotopic (exact) mass is 214 g/mol. The maximum atomic E-state index is 11.4. The first kappa shape index (κ1) is 9.83. The normalized spacial score (nSPS) is 32.5. The van der Waals surface area contributed by atoms with Gasteiger partial charge in [-0.3, -0.25) is 9.59 Å². The first-order chi connectivity index (χ1) is 6.65. The summed E-state index contributed by atoms with van der Waals surface area (Å²) < 4.78 is 0. The molecule has 2 heterocycles. The van der Waals surface area contributed by atoms with E-state index in [1.54, 1.807) is 4.90 Å². The highest BCUT2D eigenvalue weighted by Gasteiger charge is 2.31. The van der Waals surface area contributed by atoms with Crippen LogP contribution in [0.3, 0.4) is 0 Å². The van der Waals surface area contributed by atoms with Crippen LogP contribution in [0, 0.1) is 0 Å². The number of rotatable bonds is 2. The molecule has 4 nitrogen and oxygen atoms in total. The zero-order chi connectivity index (χ0) is 10.1. The van der Waals surface area contributed by atoms with E-state index >= 15 is 0 Å². The van der Waals surface area contributed by atoms with Crippen LogP contribution in [0.2, 0.25) is 0 Å². The van der Waals surface area contributed by atoms with Crippen LogP contribution in [0.1, 0.15) is 19.3 Å². The third-order valence-electron chi connectivity index (χ3n) is 2.72. The van der Waals surface area contributed by atoms with Crippen LogP contribution in [0.25, 0.3) is 0 Å². The maximum absolute atomic E-state index is 11.4. The van der Waals surface area contributed by atoms with Crippen molar-refractivity contribution in [3.8, 4) is 0 Å². The molecule has 2 amide bonds. The molecule has 2 rings (SSSR count).